The summed E-state index contributed by atoms with van der Waals surface area (Å²) in [6.45, 7) is 8.97. The van der Waals surface area contributed by atoms with Crippen LogP contribution in [0, 0.1) is 0 Å². The number of hydrogen-bond acceptors (Lipinski definition) is 4. The van der Waals surface area contributed by atoms with Crippen LogP contribution in [0.25, 0.3) is 21.8 Å². The molecule has 0 fully saturated rings. The third-order valence-corrected chi connectivity index (χ3v) is 5.36. The van der Waals surface area contributed by atoms with Crippen LogP contribution in [0.4, 0.5) is 0 Å². The van der Waals surface area contributed by atoms with Crippen LogP contribution in [0.1, 0.15) is 38.1 Å². The summed E-state index contributed by atoms with van der Waals surface area (Å²) in [5, 5.41) is 21.5. The number of benzene rings is 2. The molecule has 0 aliphatic carbocycles. The van der Waals surface area contributed by atoms with Crippen LogP contribution >= 0.6 is 0 Å². The fourth-order valence-corrected chi connectivity index (χ4v) is 4.08. The molecule has 3 aromatic rings. The lowest BCUT2D eigenvalue weighted by molar-refractivity contribution is 0.0662. The molecule has 3 rings (SSSR count). The second-order valence-corrected chi connectivity index (χ2v) is 8.00. The average Bonchev–Trinajstić information content (AvgIpc) is 2.68. The molecule has 2 aromatic carbocycles. The van der Waals surface area contributed by atoms with Crippen molar-refractivity contribution >= 4 is 27.8 Å². The van der Waals surface area contributed by atoms with Crippen LogP contribution in [0.15, 0.2) is 47.3 Å². The topological polar surface area (TPSA) is 82.8 Å². The van der Waals surface area contributed by atoms with Crippen molar-refractivity contribution in [2.24, 2.45) is 0 Å². The molecule has 1 atom stereocenters. The first-order valence-electron chi connectivity index (χ1n) is 9.93. The Hall–Kier alpha value is -2.70. The predicted octanol–water partition coefficient (Wildman–Crippen LogP) is 3.33. The molecular formula is C23H28N2O4. The van der Waals surface area contributed by atoms with Crippen molar-refractivity contribution in [2.45, 2.75) is 52.4 Å². The molecular weight excluding hydrogens is 368 g/mol. The maximum Gasteiger partial charge on any atom is 0.337 e. The molecule has 1 heterocycles. The standard InChI is InChI=1S/C23H28N2O4/c1-14(2)24(15(3)4)12-16(26)13-25-20-11-6-5-8-17(20)22(27)18-9-7-10-19(21(18)25)23(28)29/h5-11,14-16,26H,12-13H2,1-4H3,(H,28,29). The van der Waals surface area contributed by atoms with Gasteiger partial charge in [0.15, 0.2) is 5.43 Å². The van der Waals surface area contributed by atoms with Gasteiger partial charge in [-0.15, -0.1) is 0 Å². The summed E-state index contributed by atoms with van der Waals surface area (Å²) >= 11 is 0. The van der Waals surface area contributed by atoms with Gasteiger partial charge in [-0.1, -0.05) is 18.2 Å². The molecule has 0 radical (unpaired) electrons. The quantitative estimate of drug-likeness (QED) is 0.599. The van der Waals surface area contributed by atoms with Gasteiger partial charge in [-0.2, -0.15) is 0 Å². The monoisotopic (exact) mass is 396 g/mol. The molecule has 0 saturated heterocycles. The van der Waals surface area contributed by atoms with Crippen molar-refractivity contribution in [1.82, 2.24) is 9.47 Å². The minimum absolute atomic E-state index is 0.0575. The molecule has 1 unspecified atom stereocenters. The number of para-hydroxylation sites is 2. The number of aliphatic hydroxyl groups excluding tert-OH is 1. The molecule has 6 heteroatoms. The van der Waals surface area contributed by atoms with E-state index in [1.54, 1.807) is 34.9 Å². The number of hydrogen-bond donors (Lipinski definition) is 2. The molecule has 29 heavy (non-hydrogen) atoms. The van der Waals surface area contributed by atoms with Gasteiger partial charge in [0.1, 0.15) is 0 Å². The fraction of sp³-hybridized carbons (Fsp3) is 0.391. The lowest BCUT2D eigenvalue weighted by atomic mass is 10.0. The van der Waals surface area contributed by atoms with Crippen molar-refractivity contribution < 1.29 is 15.0 Å². The number of aromatic nitrogens is 1. The van der Waals surface area contributed by atoms with Crippen LogP contribution in [0.2, 0.25) is 0 Å². The van der Waals surface area contributed by atoms with Gasteiger partial charge in [-0.3, -0.25) is 9.69 Å². The number of pyridine rings is 1. The summed E-state index contributed by atoms with van der Waals surface area (Å²) in [6, 6.07) is 12.4. The smallest absolute Gasteiger partial charge is 0.337 e. The summed E-state index contributed by atoms with van der Waals surface area (Å²) in [5.74, 6) is -1.10. The number of carbonyl (C=O) groups is 1. The molecule has 6 nitrogen and oxygen atoms in total. The highest BCUT2D eigenvalue weighted by Crippen LogP contribution is 2.23. The van der Waals surface area contributed by atoms with E-state index in [-0.39, 0.29) is 29.6 Å². The van der Waals surface area contributed by atoms with E-state index in [9.17, 15) is 19.8 Å². The highest BCUT2D eigenvalue weighted by Gasteiger charge is 2.21. The minimum atomic E-state index is -1.10. The average molecular weight is 396 g/mol. The number of aromatic carboxylic acids is 1. The first-order valence-corrected chi connectivity index (χ1v) is 9.93. The van der Waals surface area contributed by atoms with Crippen LogP contribution in [-0.4, -0.2) is 50.4 Å². The number of carboxylic acid groups (broad SMARTS) is 1. The minimum Gasteiger partial charge on any atom is -0.478 e. The Morgan fingerprint density at radius 3 is 2.24 bits per heavy atom. The maximum absolute atomic E-state index is 13.0. The highest BCUT2D eigenvalue weighted by atomic mass is 16.4. The zero-order chi connectivity index (χ0) is 21.3. The Labute approximate surface area is 170 Å². The Morgan fingerprint density at radius 1 is 1.00 bits per heavy atom. The number of fused-ring (bicyclic) bond motifs is 2. The van der Waals surface area contributed by atoms with Crippen molar-refractivity contribution in [3.63, 3.8) is 0 Å². The van der Waals surface area contributed by atoms with Crippen molar-refractivity contribution in [3.8, 4) is 0 Å². The Morgan fingerprint density at radius 2 is 1.62 bits per heavy atom. The number of aliphatic hydroxyl groups is 1. The first kappa shape index (κ1) is 21.0. The zero-order valence-corrected chi connectivity index (χ0v) is 17.3. The van der Waals surface area contributed by atoms with Gasteiger partial charge in [-0.25, -0.2) is 4.79 Å². The van der Waals surface area contributed by atoms with Crippen LogP contribution < -0.4 is 5.43 Å². The van der Waals surface area contributed by atoms with Crippen molar-refractivity contribution in [2.75, 3.05) is 6.54 Å². The molecule has 0 aliphatic rings. The summed E-state index contributed by atoms with van der Waals surface area (Å²) in [6.07, 6.45) is -0.726. The van der Waals surface area contributed by atoms with Gasteiger partial charge in [0.25, 0.3) is 0 Å². The van der Waals surface area contributed by atoms with Gasteiger partial charge < -0.3 is 14.8 Å². The molecule has 0 saturated carbocycles. The fourth-order valence-electron chi connectivity index (χ4n) is 4.08. The first-order chi connectivity index (χ1) is 13.7. The Kier molecular flexibility index (Phi) is 6.05. The molecule has 0 spiro atoms. The second-order valence-electron chi connectivity index (χ2n) is 8.00. The van der Waals surface area contributed by atoms with Gasteiger partial charge in [0, 0.05) is 29.4 Å². The van der Waals surface area contributed by atoms with Crippen molar-refractivity contribution in [1.29, 1.82) is 0 Å². The molecule has 0 aliphatic heterocycles. The van der Waals surface area contributed by atoms with Gasteiger partial charge in [0.2, 0.25) is 0 Å². The van der Waals surface area contributed by atoms with E-state index < -0.39 is 12.1 Å². The summed E-state index contributed by atoms with van der Waals surface area (Å²) in [4.78, 5) is 27.0. The van der Waals surface area contributed by atoms with E-state index >= 15 is 0 Å². The SMILES string of the molecule is CC(C)N(CC(O)Cn1c2ccccc2c(=O)c2cccc(C(=O)O)c21)C(C)C. The van der Waals surface area contributed by atoms with Crippen LogP contribution in [0.5, 0.6) is 0 Å². The van der Waals surface area contributed by atoms with E-state index in [4.69, 9.17) is 0 Å². The third-order valence-electron chi connectivity index (χ3n) is 5.36. The van der Waals surface area contributed by atoms with Crippen LogP contribution in [-0.2, 0) is 6.54 Å². The largest absolute Gasteiger partial charge is 0.478 e. The third kappa shape index (κ3) is 4.04. The van der Waals surface area contributed by atoms with E-state index in [0.29, 0.717) is 28.4 Å². The molecule has 0 amide bonds. The molecule has 0 bridgehead atoms. The maximum atomic E-state index is 13.0. The Bertz CT molecular complexity index is 1090. The Balaban J connectivity index is 2.20. The van der Waals surface area contributed by atoms with E-state index in [0.717, 1.165) is 0 Å². The lowest BCUT2D eigenvalue weighted by Crippen LogP contribution is -2.43. The zero-order valence-electron chi connectivity index (χ0n) is 17.3. The van der Waals surface area contributed by atoms with Crippen LogP contribution in [0.3, 0.4) is 0 Å². The van der Waals surface area contributed by atoms with Crippen molar-refractivity contribution in [3.05, 3.63) is 58.3 Å². The van der Waals surface area contributed by atoms with Gasteiger partial charge in [0.05, 0.1) is 29.2 Å². The summed E-state index contributed by atoms with van der Waals surface area (Å²) in [5.41, 5.74) is 0.833. The lowest BCUT2D eigenvalue weighted by Gasteiger charge is -2.33. The molecule has 1 aromatic heterocycles. The number of rotatable bonds is 7. The van der Waals surface area contributed by atoms with E-state index in [1.165, 1.54) is 6.07 Å². The predicted molar refractivity (Wildman–Crippen MR) is 116 cm³/mol. The normalized spacial score (nSPS) is 13.1. The number of carboxylic acids is 1. The van der Waals surface area contributed by atoms with Gasteiger partial charge in [-0.05, 0) is 52.0 Å². The summed E-state index contributed by atoms with van der Waals surface area (Å²) < 4.78 is 1.78. The highest BCUT2D eigenvalue weighted by molar-refractivity contribution is 6.05. The number of nitrogens with zero attached hydrogens (tertiary/aromatic N) is 2. The molecule has 2 N–H and O–H groups in total. The van der Waals surface area contributed by atoms with E-state index in [2.05, 4.69) is 32.6 Å². The van der Waals surface area contributed by atoms with E-state index in [1.807, 2.05) is 6.07 Å². The van der Waals surface area contributed by atoms with Gasteiger partial charge >= 0.3 is 5.97 Å². The summed E-state index contributed by atoms with van der Waals surface area (Å²) in [7, 11) is 0. The molecule has 154 valence electrons. The second kappa shape index (κ2) is 8.35.